The van der Waals surface area contributed by atoms with Crippen molar-refractivity contribution in [2.75, 3.05) is 0 Å². The van der Waals surface area contributed by atoms with Gasteiger partial charge in [0.05, 0.1) is 24.3 Å². The van der Waals surface area contributed by atoms with E-state index >= 15 is 0 Å². The summed E-state index contributed by atoms with van der Waals surface area (Å²) in [6.07, 6.45) is 9.64. The van der Waals surface area contributed by atoms with Crippen LogP contribution in [0.2, 0.25) is 0 Å². The van der Waals surface area contributed by atoms with Gasteiger partial charge in [0.1, 0.15) is 11.6 Å². The Kier molecular flexibility index (Phi) is 3.32. The molecule has 1 aromatic heterocycles. The van der Waals surface area contributed by atoms with Crippen molar-refractivity contribution in [2.24, 2.45) is 5.92 Å². The zero-order valence-electron chi connectivity index (χ0n) is 12.5. The van der Waals surface area contributed by atoms with E-state index in [-0.39, 0.29) is 17.8 Å². The Hall–Kier alpha value is -1.97. The lowest BCUT2D eigenvalue weighted by Crippen LogP contribution is -2.21. The number of nitrogens with zero attached hydrogens (tertiary/aromatic N) is 2. The zero-order valence-corrected chi connectivity index (χ0v) is 12.5. The lowest BCUT2D eigenvalue weighted by atomic mass is 9.83. The van der Waals surface area contributed by atoms with Crippen LogP contribution in [0.4, 0.5) is 4.39 Å². The molecule has 4 heteroatoms. The van der Waals surface area contributed by atoms with E-state index in [1.165, 1.54) is 25.3 Å². The van der Waals surface area contributed by atoms with Gasteiger partial charge in [0.15, 0.2) is 0 Å². The summed E-state index contributed by atoms with van der Waals surface area (Å²) < 4.78 is 15.6. The third-order valence-corrected chi connectivity index (χ3v) is 5.11. The van der Waals surface area contributed by atoms with Gasteiger partial charge in [-0.3, -0.25) is 4.79 Å². The molecule has 1 aromatic carbocycles. The number of carbonyl (C=O) groups is 1. The molecule has 2 heterocycles. The minimum Gasteiger partial charge on any atom is -0.323 e. The first kappa shape index (κ1) is 13.7. The quantitative estimate of drug-likeness (QED) is 0.854. The van der Waals surface area contributed by atoms with Gasteiger partial charge in [-0.15, -0.1) is 0 Å². The first-order valence-electron chi connectivity index (χ1n) is 8.08. The van der Waals surface area contributed by atoms with E-state index in [4.69, 9.17) is 0 Å². The van der Waals surface area contributed by atoms with Gasteiger partial charge in [-0.1, -0.05) is 25.3 Å². The molecule has 3 nitrogen and oxygen atoms in total. The van der Waals surface area contributed by atoms with Crippen LogP contribution in [0.3, 0.4) is 0 Å². The summed E-state index contributed by atoms with van der Waals surface area (Å²) in [7, 11) is 0. The fourth-order valence-electron chi connectivity index (χ4n) is 3.94. The van der Waals surface area contributed by atoms with E-state index in [1.54, 1.807) is 18.6 Å². The summed E-state index contributed by atoms with van der Waals surface area (Å²) >= 11 is 0. The monoisotopic (exact) mass is 298 g/mol. The molecule has 22 heavy (non-hydrogen) atoms. The molecule has 1 saturated carbocycles. The predicted molar refractivity (Wildman–Crippen MR) is 82.0 cm³/mol. The molecule has 0 saturated heterocycles. The molecule has 1 unspecified atom stereocenters. The van der Waals surface area contributed by atoms with Gasteiger partial charge in [-0.25, -0.2) is 9.37 Å². The highest BCUT2D eigenvalue weighted by molar-refractivity contribution is 5.83. The molecule has 0 bridgehead atoms. The number of hydrogen-bond donors (Lipinski definition) is 0. The molecule has 2 aromatic rings. The van der Waals surface area contributed by atoms with Crippen molar-refractivity contribution in [1.82, 2.24) is 9.55 Å². The first-order valence-corrected chi connectivity index (χ1v) is 8.08. The molecular weight excluding hydrogens is 279 g/mol. The van der Waals surface area contributed by atoms with Crippen LogP contribution >= 0.6 is 0 Å². The Labute approximate surface area is 129 Å². The lowest BCUT2D eigenvalue weighted by molar-refractivity contribution is -0.124. The Morgan fingerprint density at radius 1 is 1.27 bits per heavy atom. The third kappa shape index (κ3) is 2.18. The summed E-state index contributed by atoms with van der Waals surface area (Å²) in [5.74, 6) is 0.317. The van der Waals surface area contributed by atoms with Crippen LogP contribution in [0, 0.1) is 11.7 Å². The summed E-state index contributed by atoms with van der Waals surface area (Å²) in [6.45, 7) is 0. The predicted octanol–water partition coefficient (Wildman–Crippen LogP) is 4.13. The van der Waals surface area contributed by atoms with Gasteiger partial charge in [0, 0.05) is 17.9 Å². The smallest absolute Gasteiger partial charge is 0.138 e. The normalized spacial score (nSPS) is 20.7. The number of rotatable bonds is 3. The topological polar surface area (TPSA) is 34.9 Å². The van der Waals surface area contributed by atoms with Crippen molar-refractivity contribution < 1.29 is 9.18 Å². The van der Waals surface area contributed by atoms with Crippen molar-refractivity contribution in [3.05, 3.63) is 42.1 Å². The van der Waals surface area contributed by atoms with E-state index in [0.717, 1.165) is 29.7 Å². The zero-order chi connectivity index (χ0) is 15.1. The molecule has 0 amide bonds. The summed E-state index contributed by atoms with van der Waals surface area (Å²) in [5.41, 5.74) is 2.83. The number of benzene rings is 1. The second-order valence-corrected chi connectivity index (χ2v) is 6.44. The van der Waals surface area contributed by atoms with Crippen molar-refractivity contribution in [2.45, 2.75) is 44.6 Å². The number of Topliss-reactive ketones (excluding diaryl/α,β-unsaturated/α-hetero) is 1. The minimum atomic E-state index is -0.245. The lowest BCUT2D eigenvalue weighted by Gasteiger charge is -2.22. The largest absolute Gasteiger partial charge is 0.323 e. The van der Waals surface area contributed by atoms with Crippen LogP contribution in [-0.4, -0.2) is 15.3 Å². The molecule has 114 valence electrons. The van der Waals surface area contributed by atoms with Crippen LogP contribution in [0.5, 0.6) is 0 Å². The molecular formula is C18H19FN2O. The third-order valence-electron chi connectivity index (χ3n) is 5.11. The standard InChI is InChI=1S/C18H19FN2O/c19-13-6-7-14-15(8-13)17-10-20-11-21(17)16(14)9-18(22)12-4-2-1-3-5-12/h6-8,10-12,16H,1-5,9H2. The first-order chi connectivity index (χ1) is 10.7. The van der Waals surface area contributed by atoms with Crippen LogP contribution in [0.1, 0.15) is 50.1 Å². The second-order valence-electron chi connectivity index (χ2n) is 6.44. The molecule has 1 atom stereocenters. The Bertz CT molecular complexity index is 716. The number of halogens is 1. The molecule has 0 spiro atoms. The van der Waals surface area contributed by atoms with Gasteiger partial charge in [0.25, 0.3) is 0 Å². The fourth-order valence-corrected chi connectivity index (χ4v) is 3.94. The molecule has 4 rings (SSSR count). The fraction of sp³-hybridized carbons (Fsp3) is 0.444. The SMILES string of the molecule is O=C(CC1c2ccc(F)cc2-c2cncn21)C1CCCCC1. The number of ketones is 1. The molecule has 1 fully saturated rings. The molecule has 0 radical (unpaired) electrons. The molecule has 1 aliphatic carbocycles. The molecule has 0 N–H and O–H groups in total. The Morgan fingerprint density at radius 2 is 2.09 bits per heavy atom. The average molecular weight is 298 g/mol. The minimum absolute atomic E-state index is 0.0254. The van der Waals surface area contributed by atoms with Crippen LogP contribution in [-0.2, 0) is 4.79 Å². The maximum absolute atomic E-state index is 13.5. The number of imidazole rings is 1. The van der Waals surface area contributed by atoms with Gasteiger partial charge in [-0.05, 0) is 30.5 Å². The summed E-state index contributed by atoms with van der Waals surface area (Å²) in [5, 5.41) is 0. The number of hydrogen-bond acceptors (Lipinski definition) is 2. The van der Waals surface area contributed by atoms with Crippen molar-refractivity contribution >= 4 is 5.78 Å². The average Bonchev–Trinajstić information content (AvgIpc) is 3.11. The Morgan fingerprint density at radius 3 is 2.91 bits per heavy atom. The number of aromatic nitrogens is 2. The highest BCUT2D eigenvalue weighted by Crippen LogP contribution is 2.42. The van der Waals surface area contributed by atoms with Crippen LogP contribution in [0.15, 0.2) is 30.7 Å². The number of fused-ring (bicyclic) bond motifs is 3. The maximum atomic E-state index is 13.5. The number of carbonyl (C=O) groups excluding carboxylic acids is 1. The van der Waals surface area contributed by atoms with Gasteiger partial charge < -0.3 is 4.57 Å². The van der Waals surface area contributed by atoms with Crippen molar-refractivity contribution in [3.63, 3.8) is 0 Å². The van der Waals surface area contributed by atoms with Gasteiger partial charge in [-0.2, -0.15) is 0 Å². The second kappa shape index (κ2) is 5.34. The van der Waals surface area contributed by atoms with E-state index in [0.29, 0.717) is 12.2 Å². The van der Waals surface area contributed by atoms with E-state index in [1.807, 2.05) is 10.6 Å². The maximum Gasteiger partial charge on any atom is 0.138 e. The Balaban J connectivity index is 1.64. The molecule has 2 aliphatic rings. The summed E-state index contributed by atoms with van der Waals surface area (Å²) in [6, 6.07) is 4.82. The van der Waals surface area contributed by atoms with Crippen molar-refractivity contribution in [3.8, 4) is 11.3 Å². The van der Waals surface area contributed by atoms with Crippen molar-refractivity contribution in [1.29, 1.82) is 0 Å². The van der Waals surface area contributed by atoms with Crippen LogP contribution in [0.25, 0.3) is 11.3 Å². The van der Waals surface area contributed by atoms with Gasteiger partial charge in [0.2, 0.25) is 0 Å². The van der Waals surface area contributed by atoms with Crippen LogP contribution < -0.4 is 0 Å². The summed E-state index contributed by atoms with van der Waals surface area (Å²) in [4.78, 5) is 16.8. The van der Waals surface area contributed by atoms with E-state index in [2.05, 4.69) is 4.98 Å². The van der Waals surface area contributed by atoms with Gasteiger partial charge >= 0.3 is 0 Å². The molecule has 1 aliphatic heterocycles. The van der Waals surface area contributed by atoms with E-state index in [9.17, 15) is 9.18 Å². The van der Waals surface area contributed by atoms with E-state index < -0.39 is 0 Å². The highest BCUT2D eigenvalue weighted by Gasteiger charge is 2.32. The highest BCUT2D eigenvalue weighted by atomic mass is 19.1.